The zero-order valence-corrected chi connectivity index (χ0v) is 14.3. The van der Waals surface area contributed by atoms with E-state index in [1.54, 1.807) is 0 Å². The molecule has 1 fully saturated rings. The monoisotopic (exact) mass is 301 g/mol. The third-order valence-electron chi connectivity index (χ3n) is 4.43. The Morgan fingerprint density at radius 3 is 2.50 bits per heavy atom. The molecule has 1 aliphatic heterocycles. The molecule has 5 nitrogen and oxygen atoms in total. The van der Waals surface area contributed by atoms with E-state index in [-0.39, 0.29) is 6.04 Å². The summed E-state index contributed by atoms with van der Waals surface area (Å²) in [5, 5.41) is 21.0. The molecular formula is C17H27N5. The van der Waals surface area contributed by atoms with Gasteiger partial charge in [0.15, 0.2) is 5.82 Å². The Morgan fingerprint density at radius 2 is 1.91 bits per heavy atom. The van der Waals surface area contributed by atoms with Crippen LogP contribution < -0.4 is 5.32 Å². The summed E-state index contributed by atoms with van der Waals surface area (Å²) in [5.41, 5.74) is 2.33. The fourth-order valence-electron chi connectivity index (χ4n) is 3.45. The maximum absolute atomic E-state index is 9.36. The number of nitrogens with one attached hydrogen (secondary N) is 1. The van der Waals surface area contributed by atoms with Crippen LogP contribution in [0.3, 0.4) is 0 Å². The number of hydrogen-bond donors (Lipinski definition) is 1. The van der Waals surface area contributed by atoms with Gasteiger partial charge >= 0.3 is 0 Å². The van der Waals surface area contributed by atoms with Crippen LogP contribution in [0.1, 0.15) is 44.0 Å². The van der Waals surface area contributed by atoms with Gasteiger partial charge in [0.25, 0.3) is 0 Å². The third-order valence-corrected chi connectivity index (χ3v) is 4.43. The van der Waals surface area contributed by atoms with Crippen molar-refractivity contribution in [2.75, 3.05) is 25.0 Å². The molecule has 5 heteroatoms. The third kappa shape index (κ3) is 3.95. The Morgan fingerprint density at radius 1 is 1.27 bits per heavy atom. The molecule has 1 aliphatic rings. The predicted octanol–water partition coefficient (Wildman–Crippen LogP) is 2.74. The number of nitrogens with zero attached hydrogens (tertiary/aromatic N) is 4. The van der Waals surface area contributed by atoms with Crippen LogP contribution in [0.2, 0.25) is 0 Å². The molecule has 1 aromatic rings. The van der Waals surface area contributed by atoms with Gasteiger partial charge in [-0.05, 0) is 44.6 Å². The van der Waals surface area contributed by atoms with Gasteiger partial charge in [-0.3, -0.25) is 0 Å². The van der Waals surface area contributed by atoms with Crippen LogP contribution in [0.25, 0.3) is 0 Å². The number of piperidine rings is 1. The van der Waals surface area contributed by atoms with Gasteiger partial charge in [-0.2, -0.15) is 10.4 Å². The molecule has 3 unspecified atom stereocenters. The Bertz CT molecular complexity index is 553. The van der Waals surface area contributed by atoms with Crippen LogP contribution in [0.15, 0.2) is 0 Å². The van der Waals surface area contributed by atoms with E-state index in [1.807, 2.05) is 13.8 Å². The zero-order chi connectivity index (χ0) is 16.3. The Hall–Kier alpha value is -1.67. The van der Waals surface area contributed by atoms with Crippen molar-refractivity contribution in [3.8, 4) is 6.07 Å². The molecule has 1 aromatic heterocycles. The van der Waals surface area contributed by atoms with Crippen molar-refractivity contribution in [1.82, 2.24) is 15.1 Å². The van der Waals surface area contributed by atoms with E-state index in [9.17, 15) is 5.26 Å². The Balaban J connectivity index is 2.02. The van der Waals surface area contributed by atoms with Crippen LogP contribution in [-0.4, -0.2) is 40.8 Å². The van der Waals surface area contributed by atoms with Crippen molar-refractivity contribution < 1.29 is 0 Å². The predicted molar refractivity (Wildman–Crippen MR) is 88.7 cm³/mol. The normalized spacial score (nSPS) is 23.8. The minimum absolute atomic E-state index is 0.237. The maximum Gasteiger partial charge on any atom is 0.167 e. The van der Waals surface area contributed by atoms with E-state index in [1.165, 1.54) is 6.42 Å². The molecule has 0 radical (unpaired) electrons. The van der Waals surface area contributed by atoms with Gasteiger partial charge < -0.3 is 10.2 Å². The molecule has 0 bridgehead atoms. The van der Waals surface area contributed by atoms with Gasteiger partial charge in [0, 0.05) is 25.7 Å². The van der Waals surface area contributed by atoms with Gasteiger partial charge in [-0.25, -0.2) is 0 Å². The van der Waals surface area contributed by atoms with Gasteiger partial charge in [-0.1, -0.05) is 13.8 Å². The van der Waals surface area contributed by atoms with Crippen molar-refractivity contribution in [2.24, 2.45) is 11.8 Å². The molecule has 0 aromatic carbocycles. The van der Waals surface area contributed by atoms with E-state index in [0.29, 0.717) is 11.4 Å². The second-order valence-corrected chi connectivity index (χ2v) is 6.96. The van der Waals surface area contributed by atoms with E-state index in [4.69, 9.17) is 0 Å². The van der Waals surface area contributed by atoms with E-state index < -0.39 is 0 Å². The van der Waals surface area contributed by atoms with Crippen molar-refractivity contribution >= 4 is 5.82 Å². The summed E-state index contributed by atoms with van der Waals surface area (Å²) in [6.45, 7) is 13.9. The Kier molecular flexibility index (Phi) is 5.36. The van der Waals surface area contributed by atoms with Crippen LogP contribution in [0.5, 0.6) is 0 Å². The molecule has 3 atom stereocenters. The number of anilines is 1. The summed E-state index contributed by atoms with van der Waals surface area (Å²) >= 11 is 0. The fourth-order valence-corrected chi connectivity index (χ4v) is 3.45. The second kappa shape index (κ2) is 7.06. The smallest absolute Gasteiger partial charge is 0.167 e. The largest absolute Gasteiger partial charge is 0.364 e. The van der Waals surface area contributed by atoms with Gasteiger partial charge in [0.2, 0.25) is 0 Å². The highest BCUT2D eigenvalue weighted by Crippen LogP contribution is 2.22. The van der Waals surface area contributed by atoms with Crippen molar-refractivity contribution in [1.29, 1.82) is 5.26 Å². The molecule has 0 amide bonds. The van der Waals surface area contributed by atoms with E-state index in [0.717, 1.165) is 42.7 Å². The minimum atomic E-state index is 0.237. The van der Waals surface area contributed by atoms with Crippen LogP contribution in [0, 0.1) is 37.0 Å². The second-order valence-electron chi connectivity index (χ2n) is 6.96. The number of likely N-dealkylation sites (tertiary alicyclic amines) is 1. The van der Waals surface area contributed by atoms with Crippen molar-refractivity contribution in [3.63, 3.8) is 0 Å². The maximum atomic E-state index is 9.36. The minimum Gasteiger partial charge on any atom is -0.364 e. The zero-order valence-electron chi connectivity index (χ0n) is 14.3. The van der Waals surface area contributed by atoms with Crippen LogP contribution >= 0.6 is 0 Å². The van der Waals surface area contributed by atoms with Crippen molar-refractivity contribution in [2.45, 2.75) is 47.1 Å². The average Bonchev–Trinajstić information content (AvgIpc) is 2.42. The Labute approximate surface area is 133 Å². The van der Waals surface area contributed by atoms with Gasteiger partial charge in [-0.15, -0.1) is 5.10 Å². The van der Waals surface area contributed by atoms with Crippen LogP contribution in [-0.2, 0) is 0 Å². The van der Waals surface area contributed by atoms with E-state index >= 15 is 0 Å². The lowest BCUT2D eigenvalue weighted by molar-refractivity contribution is 0.138. The number of nitriles is 1. The van der Waals surface area contributed by atoms with E-state index in [2.05, 4.69) is 47.3 Å². The number of aromatic nitrogens is 2. The first kappa shape index (κ1) is 16.7. The first-order valence-corrected chi connectivity index (χ1v) is 8.13. The first-order valence-electron chi connectivity index (χ1n) is 8.13. The molecule has 0 aliphatic carbocycles. The molecule has 22 heavy (non-hydrogen) atoms. The fraction of sp³-hybridized carbons (Fsp3) is 0.706. The lowest BCUT2D eigenvalue weighted by Gasteiger charge is -2.36. The summed E-state index contributed by atoms with van der Waals surface area (Å²) in [6, 6.07) is 2.49. The van der Waals surface area contributed by atoms with Gasteiger partial charge in [0.05, 0.1) is 5.69 Å². The summed E-state index contributed by atoms with van der Waals surface area (Å²) in [6.07, 6.45) is 1.32. The number of rotatable bonds is 4. The molecule has 120 valence electrons. The summed E-state index contributed by atoms with van der Waals surface area (Å²) in [4.78, 5) is 2.51. The molecule has 2 rings (SSSR count). The first-order chi connectivity index (χ1) is 10.4. The summed E-state index contributed by atoms with van der Waals surface area (Å²) < 4.78 is 0. The van der Waals surface area contributed by atoms with Crippen molar-refractivity contribution in [3.05, 3.63) is 16.8 Å². The standard InChI is InChI=1S/C17H27N5/c1-11-6-12(2)9-22(8-11)10-13(3)19-17-16(7-18)14(4)15(5)20-21-17/h11-13H,6,8-10H2,1-5H3,(H,19,21). The molecule has 1 saturated heterocycles. The number of aryl methyl sites for hydroxylation is 1. The summed E-state index contributed by atoms with van der Waals surface area (Å²) in [7, 11) is 0. The average molecular weight is 301 g/mol. The molecule has 0 spiro atoms. The quantitative estimate of drug-likeness (QED) is 0.926. The highest BCUT2D eigenvalue weighted by atomic mass is 15.2. The highest BCUT2D eigenvalue weighted by molar-refractivity contribution is 5.56. The SMILES string of the molecule is Cc1nnc(NC(C)CN2CC(C)CC(C)C2)c(C#N)c1C. The molecular weight excluding hydrogens is 274 g/mol. The number of hydrogen-bond acceptors (Lipinski definition) is 5. The van der Waals surface area contributed by atoms with Gasteiger partial charge in [0.1, 0.15) is 11.6 Å². The topological polar surface area (TPSA) is 64.8 Å². The van der Waals surface area contributed by atoms with Crippen LogP contribution in [0.4, 0.5) is 5.82 Å². The highest BCUT2D eigenvalue weighted by Gasteiger charge is 2.23. The molecule has 1 N–H and O–H groups in total. The molecule has 0 saturated carbocycles. The lowest BCUT2D eigenvalue weighted by atomic mass is 9.92. The molecule has 2 heterocycles. The lowest BCUT2D eigenvalue weighted by Crippen LogP contribution is -2.43. The summed E-state index contributed by atoms with van der Waals surface area (Å²) in [5.74, 6) is 2.12.